The van der Waals surface area contributed by atoms with Crippen molar-refractivity contribution < 1.29 is 9.90 Å². The molecule has 0 aliphatic carbocycles. The predicted molar refractivity (Wildman–Crippen MR) is 118 cm³/mol. The zero-order chi connectivity index (χ0) is 20.4. The van der Waals surface area contributed by atoms with E-state index in [1.54, 1.807) is 6.92 Å². The molecule has 2 aromatic carbocycles. The van der Waals surface area contributed by atoms with E-state index >= 15 is 0 Å². The molecular weight excluding hydrogens is 386 g/mol. The molecule has 2 heterocycles. The fourth-order valence-electron chi connectivity index (χ4n) is 4.38. The van der Waals surface area contributed by atoms with Crippen molar-refractivity contribution >= 4 is 28.9 Å². The van der Waals surface area contributed by atoms with Crippen LogP contribution in [0.2, 0.25) is 5.02 Å². The van der Waals surface area contributed by atoms with Crippen LogP contribution in [0.1, 0.15) is 30.6 Å². The second-order valence-electron chi connectivity index (χ2n) is 7.92. The van der Waals surface area contributed by atoms with Gasteiger partial charge in [-0.25, -0.2) is 0 Å². The Labute approximate surface area is 177 Å². The maximum absolute atomic E-state index is 11.9. The number of hydrogen-bond acceptors (Lipinski definition) is 4. The number of halogens is 1. The van der Waals surface area contributed by atoms with Crippen LogP contribution < -0.4 is 9.80 Å². The third-order valence-corrected chi connectivity index (χ3v) is 6.30. The summed E-state index contributed by atoms with van der Waals surface area (Å²) in [5.41, 5.74) is 4.17. The van der Waals surface area contributed by atoms with Crippen molar-refractivity contribution in [1.82, 2.24) is 4.90 Å². The first-order valence-corrected chi connectivity index (χ1v) is 10.7. The SMILES string of the molecule is CC(=O)N1CCCc2cc(C(O)CN3CCN(c4ccccc4Cl)CC3)ccc21. The van der Waals surface area contributed by atoms with Crippen molar-refractivity contribution in [2.45, 2.75) is 25.9 Å². The van der Waals surface area contributed by atoms with Crippen LogP contribution in [0.15, 0.2) is 42.5 Å². The van der Waals surface area contributed by atoms with Crippen LogP contribution in [-0.4, -0.2) is 55.2 Å². The Bertz CT molecular complexity index is 880. The van der Waals surface area contributed by atoms with Crippen LogP contribution in [0.5, 0.6) is 0 Å². The lowest BCUT2D eigenvalue weighted by atomic mass is 9.97. The fraction of sp³-hybridized carbons (Fsp3) is 0.435. The van der Waals surface area contributed by atoms with Gasteiger partial charge in [0, 0.05) is 51.9 Å². The molecule has 1 atom stereocenters. The number of aliphatic hydroxyl groups is 1. The van der Waals surface area contributed by atoms with E-state index in [9.17, 15) is 9.90 Å². The number of aliphatic hydroxyl groups excluding tert-OH is 1. The fourth-order valence-corrected chi connectivity index (χ4v) is 4.64. The molecule has 154 valence electrons. The number of piperazine rings is 1. The van der Waals surface area contributed by atoms with Crippen LogP contribution in [0.25, 0.3) is 0 Å². The molecule has 29 heavy (non-hydrogen) atoms. The zero-order valence-electron chi connectivity index (χ0n) is 16.9. The van der Waals surface area contributed by atoms with Crippen molar-refractivity contribution in [2.75, 3.05) is 49.1 Å². The number of carbonyl (C=O) groups is 1. The van der Waals surface area contributed by atoms with E-state index in [1.807, 2.05) is 35.2 Å². The van der Waals surface area contributed by atoms with Crippen molar-refractivity contribution in [3.05, 3.63) is 58.6 Å². The summed E-state index contributed by atoms with van der Waals surface area (Å²) in [6.07, 6.45) is 1.40. The summed E-state index contributed by atoms with van der Waals surface area (Å²) in [5.74, 6) is 0.0793. The molecule has 0 radical (unpaired) electrons. The van der Waals surface area contributed by atoms with Crippen LogP contribution in [-0.2, 0) is 11.2 Å². The van der Waals surface area contributed by atoms with Gasteiger partial charge in [0.25, 0.3) is 0 Å². The Morgan fingerprint density at radius 1 is 1.07 bits per heavy atom. The van der Waals surface area contributed by atoms with Gasteiger partial charge in [-0.1, -0.05) is 35.9 Å². The molecule has 6 heteroatoms. The van der Waals surface area contributed by atoms with E-state index in [0.717, 1.165) is 73.1 Å². The Hall–Kier alpha value is -2.08. The minimum atomic E-state index is -0.528. The van der Waals surface area contributed by atoms with Crippen molar-refractivity contribution in [3.8, 4) is 0 Å². The largest absolute Gasteiger partial charge is 0.387 e. The highest BCUT2D eigenvalue weighted by Gasteiger charge is 2.24. The first kappa shape index (κ1) is 20.2. The number of hydrogen-bond donors (Lipinski definition) is 1. The Kier molecular flexibility index (Phi) is 6.09. The zero-order valence-corrected chi connectivity index (χ0v) is 17.6. The number of benzene rings is 2. The number of amides is 1. The summed E-state index contributed by atoms with van der Waals surface area (Å²) < 4.78 is 0. The number of para-hydroxylation sites is 1. The standard InChI is InChI=1S/C23H28ClN3O2/c1-17(28)27-10-4-5-18-15-19(8-9-21(18)27)23(29)16-25-11-13-26(14-12-25)22-7-3-2-6-20(22)24/h2-3,6-9,15,23,29H,4-5,10-14,16H2,1H3. The number of anilines is 2. The van der Waals surface area contributed by atoms with Crippen LogP contribution >= 0.6 is 11.6 Å². The van der Waals surface area contributed by atoms with E-state index in [2.05, 4.69) is 21.9 Å². The summed E-state index contributed by atoms with van der Waals surface area (Å²) in [6, 6.07) is 14.0. The lowest BCUT2D eigenvalue weighted by Crippen LogP contribution is -2.47. The smallest absolute Gasteiger partial charge is 0.223 e. The first-order chi connectivity index (χ1) is 14.0. The molecule has 2 aliphatic rings. The number of carbonyl (C=O) groups excluding carboxylic acids is 1. The maximum Gasteiger partial charge on any atom is 0.223 e. The van der Waals surface area contributed by atoms with Crippen molar-refractivity contribution in [3.63, 3.8) is 0 Å². The minimum Gasteiger partial charge on any atom is -0.387 e. The summed E-state index contributed by atoms with van der Waals surface area (Å²) in [7, 11) is 0. The quantitative estimate of drug-likeness (QED) is 0.833. The van der Waals surface area contributed by atoms with E-state index in [-0.39, 0.29) is 5.91 Å². The number of rotatable bonds is 4. The lowest BCUT2D eigenvalue weighted by Gasteiger charge is -2.37. The van der Waals surface area contributed by atoms with Gasteiger partial charge in [-0.3, -0.25) is 9.69 Å². The van der Waals surface area contributed by atoms with Crippen LogP contribution in [0.4, 0.5) is 11.4 Å². The molecule has 2 aromatic rings. The van der Waals surface area contributed by atoms with E-state index in [0.29, 0.717) is 6.54 Å². The molecule has 0 saturated carbocycles. The van der Waals surface area contributed by atoms with Gasteiger partial charge in [0.05, 0.1) is 16.8 Å². The predicted octanol–water partition coefficient (Wildman–Crippen LogP) is 3.49. The average molecular weight is 414 g/mol. The molecule has 0 spiro atoms. The van der Waals surface area contributed by atoms with Crippen LogP contribution in [0.3, 0.4) is 0 Å². The molecule has 1 N–H and O–H groups in total. The van der Waals surface area contributed by atoms with Crippen molar-refractivity contribution in [2.24, 2.45) is 0 Å². The molecule has 1 fully saturated rings. The van der Waals surface area contributed by atoms with Gasteiger partial charge >= 0.3 is 0 Å². The number of aryl methyl sites for hydroxylation is 1. The second-order valence-corrected chi connectivity index (χ2v) is 8.32. The monoisotopic (exact) mass is 413 g/mol. The Morgan fingerprint density at radius 3 is 2.55 bits per heavy atom. The number of β-amino-alcohol motifs (C(OH)–C–C–N with tert-alkyl or cyclic N) is 1. The molecule has 1 amide bonds. The molecule has 0 bridgehead atoms. The minimum absolute atomic E-state index is 0.0793. The first-order valence-electron chi connectivity index (χ1n) is 10.3. The average Bonchev–Trinajstić information content (AvgIpc) is 2.74. The topological polar surface area (TPSA) is 47.0 Å². The molecule has 1 unspecified atom stereocenters. The summed E-state index contributed by atoms with van der Waals surface area (Å²) in [6.45, 7) is 6.59. The Balaban J connectivity index is 1.37. The number of nitrogens with zero attached hydrogens (tertiary/aromatic N) is 3. The highest BCUT2D eigenvalue weighted by Crippen LogP contribution is 2.31. The van der Waals surface area contributed by atoms with Gasteiger partial charge in [0.15, 0.2) is 0 Å². The second kappa shape index (κ2) is 8.74. The third-order valence-electron chi connectivity index (χ3n) is 5.98. The highest BCUT2D eigenvalue weighted by atomic mass is 35.5. The maximum atomic E-state index is 11.9. The summed E-state index contributed by atoms with van der Waals surface area (Å²) in [5, 5.41) is 11.6. The van der Waals surface area contributed by atoms with Crippen LogP contribution in [0, 0.1) is 0 Å². The molecule has 4 rings (SSSR count). The summed E-state index contributed by atoms with van der Waals surface area (Å²) >= 11 is 6.33. The Morgan fingerprint density at radius 2 is 1.83 bits per heavy atom. The van der Waals surface area contributed by atoms with Gasteiger partial charge < -0.3 is 14.9 Å². The van der Waals surface area contributed by atoms with Gasteiger partial charge in [0.1, 0.15) is 0 Å². The summed E-state index contributed by atoms with van der Waals surface area (Å²) in [4.78, 5) is 18.3. The number of fused-ring (bicyclic) bond motifs is 1. The van der Waals surface area contributed by atoms with Gasteiger partial charge in [0.2, 0.25) is 5.91 Å². The molecule has 1 saturated heterocycles. The molecule has 0 aromatic heterocycles. The molecule has 2 aliphatic heterocycles. The normalized spacial score (nSPS) is 18.4. The van der Waals surface area contributed by atoms with Gasteiger partial charge in [-0.2, -0.15) is 0 Å². The lowest BCUT2D eigenvalue weighted by molar-refractivity contribution is -0.116. The van der Waals surface area contributed by atoms with E-state index in [1.165, 1.54) is 0 Å². The van der Waals surface area contributed by atoms with Crippen molar-refractivity contribution in [1.29, 1.82) is 0 Å². The highest BCUT2D eigenvalue weighted by molar-refractivity contribution is 6.33. The molecular formula is C23H28ClN3O2. The van der Waals surface area contributed by atoms with E-state index < -0.39 is 6.10 Å². The third kappa shape index (κ3) is 4.42. The van der Waals surface area contributed by atoms with E-state index in [4.69, 9.17) is 11.6 Å². The van der Waals surface area contributed by atoms with Gasteiger partial charge in [-0.15, -0.1) is 0 Å². The van der Waals surface area contributed by atoms with Gasteiger partial charge in [-0.05, 0) is 42.2 Å². The molecule has 5 nitrogen and oxygen atoms in total.